The van der Waals surface area contributed by atoms with Gasteiger partial charge >= 0.3 is 12.1 Å². The molecule has 0 bridgehead atoms. The molecule has 2 fully saturated rings. The van der Waals surface area contributed by atoms with Gasteiger partial charge in [-0.25, -0.2) is 31.9 Å². The second-order valence-corrected chi connectivity index (χ2v) is 10.9. The Morgan fingerprint density at radius 3 is 1.81 bits per heavy atom. The van der Waals surface area contributed by atoms with Gasteiger partial charge in [-0.3, -0.25) is 31.3 Å². The van der Waals surface area contributed by atoms with Crippen LogP contribution in [0.5, 0.6) is 0 Å². The number of carbonyl (C=O) groups is 4. The van der Waals surface area contributed by atoms with Crippen molar-refractivity contribution in [2.75, 3.05) is 23.9 Å². The lowest BCUT2D eigenvalue weighted by Gasteiger charge is -2.22. The van der Waals surface area contributed by atoms with Crippen molar-refractivity contribution in [2.24, 2.45) is 16.6 Å². The van der Waals surface area contributed by atoms with Crippen molar-refractivity contribution < 1.29 is 36.4 Å². The van der Waals surface area contributed by atoms with Gasteiger partial charge in [0.1, 0.15) is 24.1 Å². The fourth-order valence-electron chi connectivity index (χ4n) is 4.28. The molecule has 2 aromatic rings. The van der Waals surface area contributed by atoms with Crippen molar-refractivity contribution >= 4 is 45.3 Å². The number of nitrogens with zero attached hydrogens (tertiary/aromatic N) is 2. The molecule has 228 valence electrons. The maximum Gasteiger partial charge on any atom is 0.315 e. The summed E-state index contributed by atoms with van der Waals surface area (Å²) in [4.78, 5) is 48.5. The molecule has 6 amide bonds. The predicted octanol–water partition coefficient (Wildman–Crippen LogP) is 0.0801. The molecule has 4 rings (SSSR count). The van der Waals surface area contributed by atoms with Gasteiger partial charge < -0.3 is 21.3 Å². The smallest absolute Gasteiger partial charge is 0.315 e. The number of nitrogens with one attached hydrogen (secondary N) is 4. The first-order chi connectivity index (χ1) is 19.8. The monoisotopic (exact) mass is 611 g/mol. The number of primary amides is 2. The van der Waals surface area contributed by atoms with E-state index in [-0.39, 0.29) is 23.8 Å². The van der Waals surface area contributed by atoms with Crippen LogP contribution in [-0.2, 0) is 19.6 Å². The number of benzene rings is 2. The van der Waals surface area contributed by atoms with Crippen LogP contribution in [0.2, 0.25) is 0 Å². The van der Waals surface area contributed by atoms with Crippen LogP contribution in [0, 0.1) is 5.82 Å². The first-order valence-corrected chi connectivity index (χ1v) is 14.1. The van der Waals surface area contributed by atoms with Gasteiger partial charge in [0.05, 0.1) is 22.8 Å². The van der Waals surface area contributed by atoms with Crippen LogP contribution in [0.3, 0.4) is 0 Å². The van der Waals surface area contributed by atoms with E-state index in [0.29, 0.717) is 30.8 Å². The minimum atomic E-state index is -3.75. The Bertz CT molecular complexity index is 1400. The average Bonchev–Trinajstić information content (AvgIpc) is 3.59. The molecular formula is C24H31F2N9O6S. The predicted molar refractivity (Wildman–Crippen MR) is 147 cm³/mol. The third-order valence-corrected chi connectivity index (χ3v) is 7.29. The zero-order valence-electron chi connectivity index (χ0n) is 22.1. The van der Waals surface area contributed by atoms with Gasteiger partial charge in [0.15, 0.2) is 0 Å². The van der Waals surface area contributed by atoms with Crippen LogP contribution >= 0.6 is 0 Å². The van der Waals surface area contributed by atoms with E-state index < -0.39 is 52.1 Å². The van der Waals surface area contributed by atoms with Crippen LogP contribution in [0.1, 0.15) is 19.3 Å². The Hall–Kier alpha value is -4.71. The molecule has 18 heteroatoms. The number of sulfonamides is 1. The van der Waals surface area contributed by atoms with Crippen molar-refractivity contribution in [2.45, 2.75) is 42.4 Å². The van der Waals surface area contributed by atoms with Gasteiger partial charge in [0.2, 0.25) is 10.0 Å². The number of amides is 6. The number of alkyl halides is 1. The zero-order chi connectivity index (χ0) is 31.0. The molecule has 2 saturated heterocycles. The van der Waals surface area contributed by atoms with E-state index in [0.717, 1.165) is 4.90 Å². The van der Waals surface area contributed by atoms with E-state index in [4.69, 9.17) is 16.6 Å². The number of carbonyl (C=O) groups excluding carboxylic acids is 4. The third-order valence-electron chi connectivity index (χ3n) is 6.36. The highest BCUT2D eigenvalue weighted by Gasteiger charge is 2.39. The Balaban J connectivity index is 0.000000231. The van der Waals surface area contributed by atoms with Gasteiger partial charge in [-0.05, 0) is 61.4 Å². The highest BCUT2D eigenvalue weighted by atomic mass is 32.2. The first kappa shape index (κ1) is 31.8. The van der Waals surface area contributed by atoms with Crippen LogP contribution < -0.4 is 38.3 Å². The van der Waals surface area contributed by atoms with Crippen molar-refractivity contribution in [1.82, 2.24) is 20.7 Å². The molecule has 42 heavy (non-hydrogen) atoms. The number of likely N-dealkylation sites (tertiary alicyclic amines) is 2. The van der Waals surface area contributed by atoms with Crippen molar-refractivity contribution in [1.29, 1.82) is 0 Å². The lowest BCUT2D eigenvalue weighted by atomic mass is 10.2. The van der Waals surface area contributed by atoms with E-state index in [1.54, 1.807) is 0 Å². The molecule has 0 radical (unpaired) electrons. The van der Waals surface area contributed by atoms with Crippen LogP contribution in [-0.4, -0.2) is 73.4 Å². The summed E-state index contributed by atoms with van der Waals surface area (Å²) in [5, 5.41) is 4.99. The topological polar surface area (TPSA) is 235 Å². The molecule has 3 atom stereocenters. The summed E-state index contributed by atoms with van der Waals surface area (Å²) >= 11 is 0. The quantitative estimate of drug-likeness (QED) is 0.211. The van der Waals surface area contributed by atoms with E-state index in [1.165, 1.54) is 53.4 Å². The third kappa shape index (κ3) is 8.64. The second-order valence-electron chi connectivity index (χ2n) is 9.33. The van der Waals surface area contributed by atoms with Gasteiger partial charge in [0.25, 0.3) is 11.8 Å². The Morgan fingerprint density at radius 2 is 1.31 bits per heavy atom. The Morgan fingerprint density at radius 1 is 0.810 bits per heavy atom. The fraction of sp³-hybridized carbons (Fsp3) is 0.333. The summed E-state index contributed by atoms with van der Waals surface area (Å²) in [5.74, 6) is -1.36. The maximum atomic E-state index is 13.3. The van der Waals surface area contributed by atoms with Gasteiger partial charge in [0, 0.05) is 13.0 Å². The summed E-state index contributed by atoms with van der Waals surface area (Å²) < 4.78 is 48.2. The molecule has 10 N–H and O–H groups in total. The summed E-state index contributed by atoms with van der Waals surface area (Å²) in [5.41, 5.74) is 21.2. The fourth-order valence-corrected chi connectivity index (χ4v) is 4.79. The second kappa shape index (κ2) is 13.8. The molecule has 2 heterocycles. The van der Waals surface area contributed by atoms with E-state index >= 15 is 0 Å². The van der Waals surface area contributed by atoms with Crippen LogP contribution in [0.15, 0.2) is 53.4 Å². The molecule has 2 aliphatic heterocycles. The molecule has 2 aliphatic rings. The number of primary sulfonamides is 1. The molecule has 2 aromatic carbocycles. The van der Waals surface area contributed by atoms with E-state index in [9.17, 15) is 36.4 Å². The number of halogens is 2. The van der Waals surface area contributed by atoms with Crippen molar-refractivity contribution in [3.05, 3.63) is 54.3 Å². The minimum Gasteiger partial charge on any atom is -0.351 e. The Kier molecular flexibility index (Phi) is 10.4. The summed E-state index contributed by atoms with van der Waals surface area (Å²) in [6.07, 6.45) is -0.117. The number of hydrogen-bond donors (Lipinski definition) is 7. The normalized spacial score (nSPS) is 19.7. The number of nitrogens with two attached hydrogens (primary N) is 3. The molecule has 0 aromatic heterocycles. The molecule has 15 nitrogen and oxygen atoms in total. The minimum absolute atomic E-state index is 0.0277. The largest absolute Gasteiger partial charge is 0.351 e. The molecule has 0 saturated carbocycles. The van der Waals surface area contributed by atoms with Crippen molar-refractivity contribution in [3.8, 4) is 0 Å². The first-order valence-electron chi connectivity index (χ1n) is 12.5. The van der Waals surface area contributed by atoms with Crippen LogP contribution in [0.25, 0.3) is 0 Å². The standard InChI is InChI=1S/C12H14F2N4O2.C12H17N5O4S/c13-7-1-3-9(4-2-7)16-17-11(19)10-5-8(14)6-18(10)12(15)20;13-12(19)17-7-1-2-10(17)11(18)16-15-8-3-5-9(6-4-8)22(14,20)21/h1-4,8,10,16H,5-6H2,(H2,15,20)(H,17,19);3-6,10,15H,1-2,7H2,(H2,13,19)(H,16,18)(H2,14,20,21)/t8-,10-;/m0./s1. The van der Waals surface area contributed by atoms with E-state index in [2.05, 4.69) is 21.7 Å². The van der Waals surface area contributed by atoms with Gasteiger partial charge in [-0.1, -0.05) is 0 Å². The number of hydrogen-bond acceptors (Lipinski definition) is 8. The van der Waals surface area contributed by atoms with E-state index in [1.807, 2.05) is 0 Å². The molecule has 0 aliphatic carbocycles. The SMILES string of the molecule is NC(=O)N1CCCC1C(=O)NNc1ccc(S(N)(=O)=O)cc1.NC(=O)N1C[C@@H](F)C[C@H]1C(=O)NNc1ccc(F)cc1. The molecule has 0 spiro atoms. The number of urea groups is 2. The summed E-state index contributed by atoms with van der Waals surface area (Å²) in [6, 6.07) is 7.81. The highest BCUT2D eigenvalue weighted by Crippen LogP contribution is 2.20. The van der Waals surface area contributed by atoms with Crippen LogP contribution in [0.4, 0.5) is 29.7 Å². The number of anilines is 2. The lowest BCUT2D eigenvalue weighted by molar-refractivity contribution is -0.124. The highest BCUT2D eigenvalue weighted by molar-refractivity contribution is 7.89. The number of hydrazine groups is 2. The Labute approximate surface area is 239 Å². The lowest BCUT2D eigenvalue weighted by Crippen LogP contribution is -2.49. The van der Waals surface area contributed by atoms with Gasteiger partial charge in [-0.2, -0.15) is 0 Å². The maximum absolute atomic E-state index is 13.3. The summed E-state index contributed by atoms with van der Waals surface area (Å²) in [6.45, 7) is 0.264. The zero-order valence-corrected chi connectivity index (χ0v) is 22.9. The summed E-state index contributed by atoms with van der Waals surface area (Å²) in [7, 11) is -3.75. The average molecular weight is 612 g/mol. The van der Waals surface area contributed by atoms with Gasteiger partial charge in [-0.15, -0.1) is 0 Å². The number of rotatable bonds is 7. The molecular weight excluding hydrogens is 580 g/mol. The molecule has 1 unspecified atom stereocenters. The van der Waals surface area contributed by atoms with Crippen molar-refractivity contribution in [3.63, 3.8) is 0 Å².